The molecule has 2 aromatic carbocycles. The van der Waals surface area contributed by atoms with Crippen molar-refractivity contribution in [3.63, 3.8) is 0 Å². The zero-order valence-corrected chi connectivity index (χ0v) is 40.4. The van der Waals surface area contributed by atoms with Gasteiger partial charge in [0.15, 0.2) is 0 Å². The summed E-state index contributed by atoms with van der Waals surface area (Å²) in [7, 11) is -17.4. The van der Waals surface area contributed by atoms with Crippen molar-refractivity contribution in [3.05, 3.63) is 124 Å². The summed E-state index contributed by atoms with van der Waals surface area (Å²) in [5, 5.41) is 7.29. The number of phosphoric acid groups is 3. The highest BCUT2D eigenvalue weighted by Crippen LogP contribution is 2.66. The van der Waals surface area contributed by atoms with Crippen LogP contribution in [-0.2, 0) is 73.2 Å². The Morgan fingerprint density at radius 3 is 2.04 bits per heavy atom. The monoisotopic (exact) mass is 1050 g/mol. The predicted molar refractivity (Wildman–Crippen MR) is 238 cm³/mol. The quantitative estimate of drug-likeness (QED) is 0.0138. The zero-order valence-electron chi connectivity index (χ0n) is 37.7. The van der Waals surface area contributed by atoms with Crippen LogP contribution in [0, 0.1) is 0 Å². The number of H-pyrrole nitrogens is 1. The third kappa shape index (κ3) is 18.6. The molecule has 1 aromatic heterocycles. The standard InChI is InChI=1S/C38H51N8O21P3/c1-4-11-58-12-13-59-14-15-60-16-17-61-21-26-9-10-30(31(18-26)25(3)43-45-40)36(48)62-22-27-20-46(38(50)41-35(27)47)34-19-32(65-37(49)29-8-6-5-7-28(29)24(2)42-44-39)33(64-34)23-63-69(54,55)67-70(56,57)66-68(51,52)53/h5-10,18,20,24-25,32-34H,4,11-17,19,21-23H2,1-3H3,(H,54,55)(H,56,57)(H,41,47,50)(H2,51,52,53)/t24?,25-,32?,33-,34-/m1/s1. The van der Waals surface area contributed by atoms with Crippen LogP contribution < -0.4 is 11.2 Å². The lowest BCUT2D eigenvalue weighted by Crippen LogP contribution is -2.34. The molecule has 0 radical (unpaired) electrons. The van der Waals surface area contributed by atoms with E-state index < -0.39 is 96.8 Å². The second kappa shape index (κ2) is 27.5. The molecule has 0 spiro atoms. The molecule has 0 amide bonds. The highest BCUT2D eigenvalue weighted by Gasteiger charge is 2.45. The predicted octanol–water partition coefficient (Wildman–Crippen LogP) is 5.47. The Labute approximate surface area is 397 Å². The maximum atomic E-state index is 13.6. The van der Waals surface area contributed by atoms with Crippen molar-refractivity contribution in [2.75, 3.05) is 52.9 Å². The van der Waals surface area contributed by atoms with Gasteiger partial charge < -0.3 is 52.7 Å². The number of carbonyl (C=O) groups is 2. The number of rotatable bonds is 30. The molecular formula is C38H51N8O21P3. The normalized spacial score (nSPS) is 18.4. The number of nitrogens with one attached hydrogen (secondary N) is 1. The number of benzene rings is 2. The first kappa shape index (κ1) is 57.5. The molecule has 384 valence electrons. The fourth-order valence-electron chi connectivity index (χ4n) is 6.44. The topological polar surface area (TPSA) is 411 Å². The van der Waals surface area contributed by atoms with E-state index in [4.69, 9.17) is 58.5 Å². The van der Waals surface area contributed by atoms with Gasteiger partial charge in [-0.05, 0) is 46.3 Å². The van der Waals surface area contributed by atoms with Gasteiger partial charge in [0, 0.05) is 29.0 Å². The first-order chi connectivity index (χ1) is 33.2. The average Bonchev–Trinajstić information content (AvgIpc) is 3.68. The number of ether oxygens (including phenoxy) is 7. The van der Waals surface area contributed by atoms with Crippen LogP contribution in [0.15, 0.2) is 68.5 Å². The molecule has 1 aliphatic rings. The smallest absolute Gasteiger partial charge is 0.457 e. The van der Waals surface area contributed by atoms with Crippen LogP contribution in [0.4, 0.5) is 0 Å². The third-order valence-corrected chi connectivity index (χ3v) is 13.4. The number of nitrogens with zero attached hydrogens (tertiary/aromatic N) is 7. The Morgan fingerprint density at radius 2 is 1.41 bits per heavy atom. The summed E-state index contributed by atoms with van der Waals surface area (Å²) in [5.74, 6) is -2.01. The molecule has 0 saturated carbocycles. The molecule has 0 aliphatic carbocycles. The molecule has 2 heterocycles. The molecule has 5 N–H and O–H groups in total. The molecule has 7 atom stereocenters. The van der Waals surface area contributed by atoms with Gasteiger partial charge in [0.05, 0.1) is 81.6 Å². The van der Waals surface area contributed by atoms with Gasteiger partial charge in [-0.15, -0.1) is 0 Å². The Kier molecular flexibility index (Phi) is 22.6. The van der Waals surface area contributed by atoms with E-state index in [0.717, 1.165) is 17.2 Å². The van der Waals surface area contributed by atoms with Crippen molar-refractivity contribution >= 4 is 35.4 Å². The Morgan fingerprint density at radius 1 is 0.814 bits per heavy atom. The Balaban J connectivity index is 1.50. The van der Waals surface area contributed by atoms with Crippen LogP contribution in [0.25, 0.3) is 20.9 Å². The third-order valence-electron chi connectivity index (χ3n) is 9.57. The molecule has 1 aliphatic heterocycles. The fraction of sp³-hybridized carbons (Fsp3) is 0.526. The number of azide groups is 2. The number of aromatic nitrogens is 2. The first-order valence-corrected chi connectivity index (χ1v) is 25.5. The van der Waals surface area contributed by atoms with Gasteiger partial charge >= 0.3 is 41.1 Å². The van der Waals surface area contributed by atoms with Gasteiger partial charge in [-0.25, -0.2) is 28.1 Å². The lowest BCUT2D eigenvalue weighted by Gasteiger charge is -2.21. The van der Waals surface area contributed by atoms with Crippen LogP contribution in [0.2, 0.25) is 0 Å². The van der Waals surface area contributed by atoms with E-state index in [2.05, 4.69) is 33.7 Å². The molecule has 1 saturated heterocycles. The first-order valence-electron chi connectivity index (χ1n) is 20.9. The van der Waals surface area contributed by atoms with E-state index in [9.17, 15) is 42.7 Å². The van der Waals surface area contributed by atoms with E-state index in [1.165, 1.54) is 38.1 Å². The SMILES string of the molecule is CCCOCCOCCOCCOCc1ccc(C(=O)OCc2cn([C@H]3CC(OC(=O)c4ccccc4C(C)N=[N+]=[N-])[C@@H](COP(=O)(O)OP(=O)(O)OP(=O)(O)O)O3)c(=O)[nH]c2=O)c([C@@H](C)N=[N+]=[N-])c1. The largest absolute Gasteiger partial charge is 0.490 e. The number of phosphoric ester groups is 1. The zero-order chi connectivity index (χ0) is 51.5. The molecule has 4 unspecified atom stereocenters. The number of carbonyl (C=O) groups excluding carboxylic acids is 2. The van der Waals surface area contributed by atoms with Crippen LogP contribution in [0.1, 0.15) is 94.9 Å². The minimum Gasteiger partial charge on any atom is -0.457 e. The van der Waals surface area contributed by atoms with E-state index in [1.807, 2.05) is 6.92 Å². The number of hydrogen-bond acceptors (Lipinski definition) is 19. The van der Waals surface area contributed by atoms with Crippen molar-refractivity contribution in [1.82, 2.24) is 9.55 Å². The van der Waals surface area contributed by atoms with Gasteiger partial charge in [-0.3, -0.25) is 18.9 Å². The second-order valence-corrected chi connectivity index (χ2v) is 19.2. The van der Waals surface area contributed by atoms with E-state index in [1.54, 1.807) is 18.2 Å². The fourth-order valence-corrected chi connectivity index (χ4v) is 9.47. The van der Waals surface area contributed by atoms with Crippen LogP contribution >= 0.6 is 23.5 Å². The maximum absolute atomic E-state index is 13.6. The summed E-state index contributed by atoms with van der Waals surface area (Å²) in [6, 6.07) is 8.65. The summed E-state index contributed by atoms with van der Waals surface area (Å²) >= 11 is 0. The van der Waals surface area contributed by atoms with Gasteiger partial charge in [-0.1, -0.05) is 61.3 Å². The van der Waals surface area contributed by atoms with Crippen molar-refractivity contribution in [1.29, 1.82) is 0 Å². The molecule has 70 heavy (non-hydrogen) atoms. The molecular weight excluding hydrogens is 997 g/mol. The minimum atomic E-state index is -5.94. The van der Waals surface area contributed by atoms with Crippen LogP contribution in [-0.4, -0.2) is 106 Å². The number of esters is 2. The van der Waals surface area contributed by atoms with E-state index in [0.29, 0.717) is 38.6 Å². The average molecular weight is 1050 g/mol. The summed E-state index contributed by atoms with van der Waals surface area (Å²) < 4.78 is 87.7. The second-order valence-electron chi connectivity index (χ2n) is 14.8. The minimum absolute atomic E-state index is 0.0325. The Hall–Kier alpha value is -5.11. The lowest BCUT2D eigenvalue weighted by molar-refractivity contribution is -0.0513. The van der Waals surface area contributed by atoms with Crippen molar-refractivity contribution in [2.45, 2.75) is 77.3 Å². The van der Waals surface area contributed by atoms with E-state index in [-0.39, 0.29) is 47.6 Å². The van der Waals surface area contributed by atoms with Crippen molar-refractivity contribution in [3.8, 4) is 0 Å². The lowest BCUT2D eigenvalue weighted by atomic mass is 9.99. The highest BCUT2D eigenvalue weighted by molar-refractivity contribution is 7.66. The summed E-state index contributed by atoms with van der Waals surface area (Å²) in [6.45, 7) is 6.15. The maximum Gasteiger partial charge on any atom is 0.490 e. The van der Waals surface area contributed by atoms with Gasteiger partial charge in [0.25, 0.3) is 5.56 Å². The van der Waals surface area contributed by atoms with Gasteiger partial charge in [0.2, 0.25) is 0 Å². The number of hydrogen-bond donors (Lipinski definition) is 5. The highest BCUT2D eigenvalue weighted by atomic mass is 31.3. The van der Waals surface area contributed by atoms with Crippen molar-refractivity contribution < 1.29 is 89.2 Å². The Bertz CT molecular complexity index is 2640. The molecule has 0 bridgehead atoms. The van der Waals surface area contributed by atoms with Crippen molar-refractivity contribution in [2.24, 2.45) is 10.2 Å². The van der Waals surface area contributed by atoms with Gasteiger partial charge in [0.1, 0.15) is 25.0 Å². The molecule has 1 fully saturated rings. The number of aromatic amines is 1. The van der Waals surface area contributed by atoms with Crippen LogP contribution in [0.5, 0.6) is 0 Å². The van der Waals surface area contributed by atoms with E-state index >= 15 is 0 Å². The summed E-state index contributed by atoms with van der Waals surface area (Å²) in [6.07, 6.45) is -3.20. The molecule has 3 aromatic rings. The summed E-state index contributed by atoms with van der Waals surface area (Å²) in [5.41, 5.74) is 16.7. The molecule has 32 heteroatoms. The molecule has 29 nitrogen and oxygen atoms in total. The van der Waals surface area contributed by atoms with Gasteiger partial charge in [-0.2, -0.15) is 8.62 Å². The van der Waals surface area contributed by atoms with Crippen LogP contribution in [0.3, 0.4) is 0 Å². The summed E-state index contributed by atoms with van der Waals surface area (Å²) in [4.78, 5) is 98.4. The molecule has 4 rings (SSSR count).